The molecule has 29 heavy (non-hydrogen) atoms. The summed E-state index contributed by atoms with van der Waals surface area (Å²) in [6.07, 6.45) is 0. The monoisotopic (exact) mass is 440 g/mol. The Balaban J connectivity index is 1.36. The van der Waals surface area contributed by atoms with Gasteiger partial charge < -0.3 is 10.1 Å². The van der Waals surface area contributed by atoms with Crippen molar-refractivity contribution < 1.29 is 9.53 Å². The first-order valence-electron chi connectivity index (χ1n) is 8.93. The third-order valence-corrected chi connectivity index (χ3v) is 6.54. The quantitative estimate of drug-likeness (QED) is 0.332. The maximum absolute atomic E-state index is 12.6. The van der Waals surface area contributed by atoms with Gasteiger partial charge in [-0.1, -0.05) is 41.6 Å². The van der Waals surface area contributed by atoms with Gasteiger partial charge in [-0.15, -0.1) is 11.3 Å². The predicted octanol–water partition coefficient (Wildman–Crippen LogP) is 6.86. The van der Waals surface area contributed by atoms with Gasteiger partial charge in [0, 0.05) is 10.7 Å². The van der Waals surface area contributed by atoms with Gasteiger partial charge in [0.25, 0.3) is 0 Å². The smallest absolute Gasteiger partial charge is 0.237 e. The summed E-state index contributed by atoms with van der Waals surface area (Å²) >= 11 is 9.01. The summed E-state index contributed by atoms with van der Waals surface area (Å²) < 4.78 is 7.67. The molecule has 0 saturated carbocycles. The summed E-state index contributed by atoms with van der Waals surface area (Å²) in [5.41, 5.74) is 1.57. The van der Waals surface area contributed by atoms with Gasteiger partial charge in [-0.3, -0.25) is 4.79 Å². The zero-order valence-electron chi connectivity index (χ0n) is 15.5. The maximum atomic E-state index is 12.6. The third kappa shape index (κ3) is 5.09. The molecule has 1 amide bonds. The van der Waals surface area contributed by atoms with Crippen molar-refractivity contribution in [3.05, 3.63) is 77.8 Å². The highest BCUT2D eigenvalue weighted by atomic mass is 35.5. The van der Waals surface area contributed by atoms with Crippen LogP contribution in [0.1, 0.15) is 6.92 Å². The van der Waals surface area contributed by atoms with E-state index in [-0.39, 0.29) is 11.2 Å². The van der Waals surface area contributed by atoms with Crippen LogP contribution in [0.15, 0.2) is 77.1 Å². The number of anilines is 1. The van der Waals surface area contributed by atoms with Gasteiger partial charge in [-0.2, -0.15) is 0 Å². The molecule has 0 saturated heterocycles. The summed E-state index contributed by atoms with van der Waals surface area (Å²) in [5, 5.41) is 3.31. The van der Waals surface area contributed by atoms with Crippen molar-refractivity contribution >= 4 is 56.5 Å². The van der Waals surface area contributed by atoms with Crippen molar-refractivity contribution in [3.63, 3.8) is 0 Å². The van der Waals surface area contributed by atoms with Crippen LogP contribution >= 0.6 is 34.7 Å². The Morgan fingerprint density at radius 1 is 1.07 bits per heavy atom. The van der Waals surface area contributed by atoms with Gasteiger partial charge in [0.1, 0.15) is 11.5 Å². The lowest BCUT2D eigenvalue weighted by atomic mass is 10.3. The summed E-state index contributed by atoms with van der Waals surface area (Å²) in [6.45, 7) is 1.87. The second kappa shape index (κ2) is 8.86. The Bertz CT molecular complexity index is 1130. The predicted molar refractivity (Wildman–Crippen MR) is 122 cm³/mol. The number of benzene rings is 3. The second-order valence-corrected chi connectivity index (χ2v) is 9.34. The second-order valence-electron chi connectivity index (χ2n) is 6.28. The van der Waals surface area contributed by atoms with Crippen LogP contribution in [-0.4, -0.2) is 16.1 Å². The van der Waals surface area contributed by atoms with Crippen LogP contribution in [0.5, 0.6) is 11.5 Å². The van der Waals surface area contributed by atoms with Gasteiger partial charge in [-0.25, -0.2) is 4.98 Å². The Labute approximate surface area is 181 Å². The number of halogens is 1. The Morgan fingerprint density at radius 2 is 1.79 bits per heavy atom. The molecule has 3 aromatic carbocycles. The van der Waals surface area contributed by atoms with E-state index in [1.165, 1.54) is 11.8 Å². The van der Waals surface area contributed by atoms with Crippen LogP contribution in [0.25, 0.3) is 10.2 Å². The first-order valence-corrected chi connectivity index (χ1v) is 11.0. The van der Waals surface area contributed by atoms with Crippen molar-refractivity contribution in [3.8, 4) is 11.5 Å². The molecule has 1 N–H and O–H groups in total. The Hall–Kier alpha value is -2.54. The number of thiazole rings is 1. The molecule has 1 heterocycles. The topological polar surface area (TPSA) is 51.2 Å². The molecule has 0 aliphatic heterocycles. The Kier molecular flexibility index (Phi) is 6.04. The van der Waals surface area contributed by atoms with Gasteiger partial charge in [0.2, 0.25) is 5.91 Å². The molecule has 0 bridgehead atoms. The van der Waals surface area contributed by atoms with E-state index in [1.807, 2.05) is 79.7 Å². The normalized spacial score (nSPS) is 11.9. The number of carbonyl (C=O) groups excluding carboxylic acids is 1. The number of ether oxygens (including phenoxy) is 1. The summed E-state index contributed by atoms with van der Waals surface area (Å²) in [7, 11) is 0. The molecule has 1 unspecified atom stereocenters. The first kappa shape index (κ1) is 19.8. The molecule has 0 aliphatic carbocycles. The zero-order chi connectivity index (χ0) is 20.2. The lowest BCUT2D eigenvalue weighted by Crippen LogP contribution is -2.22. The largest absolute Gasteiger partial charge is 0.457 e. The van der Waals surface area contributed by atoms with Crippen molar-refractivity contribution in [2.75, 3.05) is 5.32 Å². The van der Waals surface area contributed by atoms with E-state index in [4.69, 9.17) is 16.3 Å². The number of hydrogen-bond acceptors (Lipinski definition) is 5. The van der Waals surface area contributed by atoms with E-state index < -0.39 is 0 Å². The highest BCUT2D eigenvalue weighted by molar-refractivity contribution is 8.02. The van der Waals surface area contributed by atoms with Gasteiger partial charge in [0.05, 0.1) is 15.5 Å². The number of fused-ring (bicyclic) bond motifs is 1. The zero-order valence-corrected chi connectivity index (χ0v) is 17.9. The number of aromatic nitrogens is 1. The number of thioether (sulfide) groups is 1. The lowest BCUT2D eigenvalue weighted by Gasteiger charge is -2.11. The summed E-state index contributed by atoms with van der Waals surface area (Å²) in [5.74, 6) is 1.40. The van der Waals surface area contributed by atoms with Crippen molar-refractivity contribution in [1.82, 2.24) is 4.98 Å². The number of amides is 1. The number of rotatable bonds is 6. The number of nitrogens with zero attached hydrogens (tertiary/aromatic N) is 1. The minimum absolute atomic E-state index is 0.0796. The van der Waals surface area contributed by atoms with Crippen molar-refractivity contribution in [2.45, 2.75) is 16.5 Å². The van der Waals surface area contributed by atoms with Crippen LogP contribution in [0.4, 0.5) is 5.69 Å². The maximum Gasteiger partial charge on any atom is 0.237 e. The van der Waals surface area contributed by atoms with Crippen LogP contribution in [0.3, 0.4) is 0 Å². The average Bonchev–Trinajstić information content (AvgIpc) is 3.11. The van der Waals surface area contributed by atoms with Crippen LogP contribution in [0.2, 0.25) is 5.02 Å². The molecular weight excluding hydrogens is 424 g/mol. The highest BCUT2D eigenvalue weighted by Gasteiger charge is 2.17. The van der Waals surface area contributed by atoms with E-state index in [0.717, 1.165) is 26.0 Å². The number of para-hydroxylation sites is 1. The number of hydrogen-bond donors (Lipinski definition) is 1. The lowest BCUT2D eigenvalue weighted by molar-refractivity contribution is -0.115. The molecule has 1 atom stereocenters. The third-order valence-electron chi connectivity index (χ3n) is 4.08. The molecular formula is C22H17ClN2O2S2. The minimum atomic E-state index is -0.286. The molecule has 0 aliphatic rings. The molecule has 7 heteroatoms. The van der Waals surface area contributed by atoms with E-state index in [0.29, 0.717) is 10.8 Å². The molecule has 0 spiro atoms. The highest BCUT2D eigenvalue weighted by Crippen LogP contribution is 2.33. The van der Waals surface area contributed by atoms with Crippen LogP contribution < -0.4 is 10.1 Å². The van der Waals surface area contributed by atoms with Crippen molar-refractivity contribution in [2.24, 2.45) is 0 Å². The SMILES string of the molecule is CC(Sc1nc2cc(Cl)ccc2s1)C(=O)Nc1ccc(Oc2ccccc2)cc1. The number of carbonyl (C=O) groups is 1. The summed E-state index contributed by atoms with van der Waals surface area (Å²) in [4.78, 5) is 17.1. The fourth-order valence-electron chi connectivity index (χ4n) is 2.61. The molecule has 4 nitrogen and oxygen atoms in total. The van der Waals surface area contributed by atoms with E-state index in [2.05, 4.69) is 10.3 Å². The van der Waals surface area contributed by atoms with Crippen LogP contribution in [-0.2, 0) is 4.79 Å². The van der Waals surface area contributed by atoms with E-state index >= 15 is 0 Å². The van der Waals surface area contributed by atoms with Gasteiger partial charge >= 0.3 is 0 Å². The molecule has 1 aromatic heterocycles. The Morgan fingerprint density at radius 3 is 2.55 bits per heavy atom. The average molecular weight is 441 g/mol. The fraction of sp³-hybridized carbons (Fsp3) is 0.0909. The van der Waals surface area contributed by atoms with E-state index in [1.54, 1.807) is 11.3 Å². The molecule has 4 aromatic rings. The minimum Gasteiger partial charge on any atom is -0.457 e. The fourth-order valence-corrected chi connectivity index (χ4v) is 4.97. The molecule has 0 radical (unpaired) electrons. The first-order chi connectivity index (χ1) is 14.1. The molecule has 146 valence electrons. The van der Waals surface area contributed by atoms with Crippen LogP contribution in [0, 0.1) is 0 Å². The van der Waals surface area contributed by atoms with Gasteiger partial charge in [-0.05, 0) is 61.5 Å². The van der Waals surface area contributed by atoms with Gasteiger partial charge in [0.15, 0.2) is 4.34 Å². The molecule has 4 rings (SSSR count). The van der Waals surface area contributed by atoms with E-state index in [9.17, 15) is 4.79 Å². The molecule has 0 fully saturated rings. The standard InChI is InChI=1S/C22H17ClN2O2S2/c1-14(28-22-25-19-13-15(23)7-12-20(19)29-22)21(26)24-16-8-10-18(11-9-16)27-17-5-3-2-4-6-17/h2-14H,1H3,(H,24,26). The van der Waals surface area contributed by atoms with Crippen molar-refractivity contribution in [1.29, 1.82) is 0 Å². The number of nitrogens with one attached hydrogen (secondary N) is 1. The summed E-state index contributed by atoms with van der Waals surface area (Å²) in [6, 6.07) is 22.5.